The Labute approximate surface area is 122 Å². The maximum absolute atomic E-state index is 9.97. The third-order valence-corrected chi connectivity index (χ3v) is 4.53. The van der Waals surface area contributed by atoms with Crippen LogP contribution in [-0.2, 0) is 0 Å². The molecule has 1 aliphatic rings. The van der Waals surface area contributed by atoms with Crippen LogP contribution in [-0.4, -0.2) is 69.4 Å². The predicted molar refractivity (Wildman–Crippen MR) is 78.5 cm³/mol. The highest BCUT2D eigenvalue weighted by molar-refractivity contribution is 5.06. The molecule has 5 heteroatoms. The van der Waals surface area contributed by atoms with Crippen molar-refractivity contribution in [1.29, 1.82) is 0 Å². The lowest BCUT2D eigenvalue weighted by molar-refractivity contribution is -0.0652. The van der Waals surface area contributed by atoms with Gasteiger partial charge in [-0.3, -0.25) is 4.90 Å². The molecule has 1 fully saturated rings. The van der Waals surface area contributed by atoms with E-state index in [0.717, 1.165) is 12.8 Å². The first-order chi connectivity index (χ1) is 9.62. The minimum atomic E-state index is -1.08. The molecule has 0 bridgehead atoms. The lowest BCUT2D eigenvalue weighted by Crippen LogP contribution is -2.57. The van der Waals surface area contributed by atoms with Crippen molar-refractivity contribution < 1.29 is 20.4 Å². The number of hydrogen-bond acceptors (Lipinski definition) is 5. The second-order valence-electron chi connectivity index (χ2n) is 6.00. The van der Waals surface area contributed by atoms with Gasteiger partial charge in [-0.2, -0.15) is 0 Å². The first-order valence-electron chi connectivity index (χ1n) is 7.95. The number of β-amino-alcohol motifs (C(OH)–C–C–N with tert-alkyl or cyclic N) is 1. The maximum Gasteiger partial charge on any atom is 0.104 e. The van der Waals surface area contributed by atoms with Crippen LogP contribution in [0.25, 0.3) is 0 Å². The van der Waals surface area contributed by atoms with Crippen LogP contribution in [0.5, 0.6) is 0 Å². The van der Waals surface area contributed by atoms with Gasteiger partial charge in [0.25, 0.3) is 0 Å². The Kier molecular flexibility index (Phi) is 7.99. The quantitative estimate of drug-likeness (QED) is 0.440. The van der Waals surface area contributed by atoms with E-state index in [1.165, 1.54) is 32.1 Å². The number of hydrogen-bond donors (Lipinski definition) is 4. The SMILES string of the molecule is CCCCCCCCCN1CC(O)C(O)C1(CO)CO. The van der Waals surface area contributed by atoms with Gasteiger partial charge in [0.2, 0.25) is 0 Å². The van der Waals surface area contributed by atoms with E-state index in [9.17, 15) is 20.4 Å². The Hall–Kier alpha value is -0.200. The fourth-order valence-electron chi connectivity index (χ4n) is 3.06. The van der Waals surface area contributed by atoms with E-state index >= 15 is 0 Å². The van der Waals surface area contributed by atoms with Crippen molar-refractivity contribution in [3.05, 3.63) is 0 Å². The fraction of sp³-hybridized carbons (Fsp3) is 1.00. The van der Waals surface area contributed by atoms with Crippen LogP contribution in [0.15, 0.2) is 0 Å². The average molecular weight is 289 g/mol. The maximum atomic E-state index is 9.97. The Morgan fingerprint density at radius 2 is 1.50 bits per heavy atom. The van der Waals surface area contributed by atoms with Crippen molar-refractivity contribution in [2.75, 3.05) is 26.3 Å². The largest absolute Gasteiger partial charge is 0.394 e. The van der Waals surface area contributed by atoms with Crippen LogP contribution in [0.3, 0.4) is 0 Å². The molecule has 1 saturated heterocycles. The Morgan fingerprint density at radius 1 is 0.950 bits per heavy atom. The number of unbranched alkanes of at least 4 members (excludes halogenated alkanes) is 6. The summed E-state index contributed by atoms with van der Waals surface area (Å²) in [7, 11) is 0. The van der Waals surface area contributed by atoms with Crippen molar-refractivity contribution in [2.45, 2.75) is 69.6 Å². The molecule has 0 aliphatic carbocycles. The number of nitrogens with zero attached hydrogens (tertiary/aromatic N) is 1. The summed E-state index contributed by atoms with van der Waals surface area (Å²) in [5, 5.41) is 38.7. The van der Waals surface area contributed by atoms with Crippen molar-refractivity contribution in [2.24, 2.45) is 0 Å². The average Bonchev–Trinajstić information content (AvgIpc) is 2.70. The number of aliphatic hydroxyl groups excluding tert-OH is 4. The first-order valence-corrected chi connectivity index (χ1v) is 7.95. The van der Waals surface area contributed by atoms with Gasteiger partial charge in [0.05, 0.1) is 24.9 Å². The molecule has 0 aromatic rings. The molecule has 1 heterocycles. The molecule has 1 aliphatic heterocycles. The van der Waals surface area contributed by atoms with Crippen molar-refractivity contribution in [1.82, 2.24) is 4.90 Å². The minimum absolute atomic E-state index is 0.318. The summed E-state index contributed by atoms with van der Waals surface area (Å²) < 4.78 is 0. The molecule has 0 saturated carbocycles. The normalized spacial score (nSPS) is 26.2. The smallest absolute Gasteiger partial charge is 0.104 e. The number of likely N-dealkylation sites (tertiary alicyclic amines) is 1. The van der Waals surface area contributed by atoms with Gasteiger partial charge in [-0.15, -0.1) is 0 Å². The summed E-state index contributed by atoms with van der Waals surface area (Å²) in [6.45, 7) is 2.55. The van der Waals surface area contributed by atoms with Gasteiger partial charge >= 0.3 is 0 Å². The van der Waals surface area contributed by atoms with Crippen LogP contribution in [0.2, 0.25) is 0 Å². The molecule has 2 unspecified atom stereocenters. The molecular weight excluding hydrogens is 258 g/mol. The molecule has 20 heavy (non-hydrogen) atoms. The highest BCUT2D eigenvalue weighted by atomic mass is 16.3. The second kappa shape index (κ2) is 8.95. The van der Waals surface area contributed by atoms with E-state index in [4.69, 9.17) is 0 Å². The van der Waals surface area contributed by atoms with Crippen LogP contribution >= 0.6 is 0 Å². The molecule has 4 N–H and O–H groups in total. The van der Waals surface area contributed by atoms with Gasteiger partial charge in [0, 0.05) is 6.54 Å². The fourth-order valence-corrected chi connectivity index (χ4v) is 3.06. The highest BCUT2D eigenvalue weighted by Crippen LogP contribution is 2.30. The van der Waals surface area contributed by atoms with Crippen molar-refractivity contribution in [3.63, 3.8) is 0 Å². The molecule has 120 valence electrons. The van der Waals surface area contributed by atoms with Crippen molar-refractivity contribution >= 4 is 0 Å². The summed E-state index contributed by atoms with van der Waals surface area (Å²) in [5.41, 5.74) is -1.08. The molecule has 0 spiro atoms. The monoisotopic (exact) mass is 289 g/mol. The van der Waals surface area contributed by atoms with E-state index in [1.807, 2.05) is 4.90 Å². The molecule has 5 nitrogen and oxygen atoms in total. The van der Waals surface area contributed by atoms with Gasteiger partial charge in [0.15, 0.2) is 0 Å². The zero-order chi connectivity index (χ0) is 15.0. The van der Waals surface area contributed by atoms with E-state index in [2.05, 4.69) is 6.92 Å². The Bertz CT molecular complexity index is 258. The number of rotatable bonds is 10. The van der Waals surface area contributed by atoms with E-state index in [0.29, 0.717) is 13.1 Å². The standard InChI is InChI=1S/C15H31NO4/c1-2-3-4-5-6-7-8-9-16-10-13(19)14(20)15(16,11-17)12-18/h13-14,17-20H,2-12H2,1H3. The summed E-state index contributed by atoms with van der Waals surface area (Å²) in [5.74, 6) is 0. The van der Waals surface area contributed by atoms with Crippen molar-refractivity contribution in [3.8, 4) is 0 Å². The summed E-state index contributed by atoms with van der Waals surface area (Å²) >= 11 is 0. The molecule has 0 aromatic carbocycles. The molecular formula is C15H31NO4. The summed E-state index contributed by atoms with van der Waals surface area (Å²) in [4.78, 5) is 1.84. The zero-order valence-electron chi connectivity index (χ0n) is 12.7. The Balaban J connectivity index is 2.31. The van der Waals surface area contributed by atoms with Crippen LogP contribution < -0.4 is 0 Å². The van der Waals surface area contributed by atoms with Crippen LogP contribution in [0, 0.1) is 0 Å². The second-order valence-corrected chi connectivity index (χ2v) is 6.00. The van der Waals surface area contributed by atoms with E-state index < -0.39 is 17.7 Å². The van der Waals surface area contributed by atoms with Crippen LogP contribution in [0.1, 0.15) is 51.9 Å². The first kappa shape index (κ1) is 17.9. The summed E-state index contributed by atoms with van der Waals surface area (Å²) in [6, 6.07) is 0. The van der Waals surface area contributed by atoms with Gasteiger partial charge in [0.1, 0.15) is 6.10 Å². The van der Waals surface area contributed by atoms with E-state index in [1.54, 1.807) is 0 Å². The lowest BCUT2D eigenvalue weighted by Gasteiger charge is -2.37. The lowest BCUT2D eigenvalue weighted by atomic mass is 9.94. The zero-order valence-corrected chi connectivity index (χ0v) is 12.7. The Morgan fingerprint density at radius 3 is 2.05 bits per heavy atom. The third kappa shape index (κ3) is 4.15. The molecule has 1 rings (SSSR count). The van der Waals surface area contributed by atoms with E-state index in [-0.39, 0.29) is 13.2 Å². The minimum Gasteiger partial charge on any atom is -0.394 e. The number of aliphatic hydroxyl groups is 4. The molecule has 0 radical (unpaired) electrons. The van der Waals surface area contributed by atoms with Gasteiger partial charge < -0.3 is 20.4 Å². The van der Waals surface area contributed by atoms with Crippen LogP contribution in [0.4, 0.5) is 0 Å². The molecule has 0 aromatic heterocycles. The van der Waals surface area contributed by atoms with Gasteiger partial charge in [-0.1, -0.05) is 45.4 Å². The van der Waals surface area contributed by atoms with Gasteiger partial charge in [-0.05, 0) is 13.0 Å². The molecule has 2 atom stereocenters. The predicted octanol–water partition coefficient (Wildman–Crippen LogP) is 0.498. The highest BCUT2D eigenvalue weighted by Gasteiger charge is 2.51. The van der Waals surface area contributed by atoms with Gasteiger partial charge in [-0.25, -0.2) is 0 Å². The summed E-state index contributed by atoms with van der Waals surface area (Å²) in [6.07, 6.45) is 6.39. The third-order valence-electron chi connectivity index (χ3n) is 4.53. The topological polar surface area (TPSA) is 84.2 Å². The molecule has 0 amide bonds.